The van der Waals surface area contributed by atoms with Gasteiger partial charge in [-0.3, -0.25) is 9.88 Å². The normalized spacial score (nSPS) is 18.1. The molecule has 2 aromatic rings. The minimum Gasteiger partial charge on any atom is -0.355 e. The summed E-state index contributed by atoms with van der Waals surface area (Å²) in [5, 5.41) is 0. The van der Waals surface area contributed by atoms with Gasteiger partial charge in [-0.05, 0) is 37.1 Å². The first-order valence-corrected chi connectivity index (χ1v) is 9.21. The molecular weight excluding hydrogens is 369 g/mol. The van der Waals surface area contributed by atoms with Gasteiger partial charge < -0.3 is 9.80 Å². The second-order valence-electron chi connectivity index (χ2n) is 7.30. The van der Waals surface area contributed by atoms with Crippen molar-refractivity contribution in [3.05, 3.63) is 41.9 Å². The average Bonchev–Trinajstić information content (AvgIpc) is 2.67. The van der Waals surface area contributed by atoms with Gasteiger partial charge >= 0.3 is 6.18 Å². The molecule has 0 aromatic carbocycles. The lowest BCUT2D eigenvalue weighted by molar-refractivity contribution is -0.141. The molecule has 9 heteroatoms. The van der Waals surface area contributed by atoms with Crippen molar-refractivity contribution in [2.24, 2.45) is 0 Å². The minimum atomic E-state index is -4.40. The van der Waals surface area contributed by atoms with Crippen molar-refractivity contribution in [3.63, 3.8) is 0 Å². The van der Waals surface area contributed by atoms with E-state index in [-0.39, 0.29) is 6.04 Å². The van der Waals surface area contributed by atoms with Gasteiger partial charge in [0.1, 0.15) is 11.5 Å². The third-order valence-corrected chi connectivity index (χ3v) is 4.94. The Morgan fingerprint density at radius 1 is 1.14 bits per heavy atom. The van der Waals surface area contributed by atoms with E-state index in [2.05, 4.69) is 24.8 Å². The number of nitrogens with zero attached hydrogens (tertiary/aromatic N) is 6. The van der Waals surface area contributed by atoms with E-state index < -0.39 is 11.9 Å². The van der Waals surface area contributed by atoms with Crippen LogP contribution in [-0.4, -0.2) is 60.1 Å². The van der Waals surface area contributed by atoms with Crippen molar-refractivity contribution >= 4 is 11.8 Å². The van der Waals surface area contributed by atoms with Crippen LogP contribution in [0.25, 0.3) is 0 Å². The molecule has 2 aromatic heterocycles. The number of hydrogen-bond acceptors (Lipinski definition) is 6. The summed E-state index contributed by atoms with van der Waals surface area (Å²) in [4.78, 5) is 18.7. The highest BCUT2D eigenvalue weighted by atomic mass is 19.4. The van der Waals surface area contributed by atoms with Crippen molar-refractivity contribution in [1.82, 2.24) is 19.9 Å². The van der Waals surface area contributed by atoms with Crippen molar-refractivity contribution in [1.29, 1.82) is 0 Å². The van der Waals surface area contributed by atoms with Crippen LogP contribution in [0, 0.1) is 0 Å². The van der Waals surface area contributed by atoms with E-state index >= 15 is 0 Å². The van der Waals surface area contributed by atoms with Gasteiger partial charge in [0.05, 0.1) is 0 Å². The van der Waals surface area contributed by atoms with Gasteiger partial charge in [0.2, 0.25) is 5.95 Å². The Balaban J connectivity index is 1.64. The number of aromatic nitrogens is 3. The van der Waals surface area contributed by atoms with E-state index in [1.54, 1.807) is 6.20 Å². The number of halogens is 3. The number of likely N-dealkylation sites (tertiary alicyclic amines) is 1. The number of anilines is 2. The molecule has 1 saturated heterocycles. The molecule has 0 radical (unpaired) electrons. The molecule has 152 valence electrons. The zero-order valence-electron chi connectivity index (χ0n) is 16.3. The van der Waals surface area contributed by atoms with Crippen LogP contribution in [-0.2, 0) is 12.7 Å². The lowest BCUT2D eigenvalue weighted by Gasteiger charge is -2.38. The van der Waals surface area contributed by atoms with Crippen LogP contribution in [0.1, 0.15) is 24.1 Å². The summed E-state index contributed by atoms with van der Waals surface area (Å²) < 4.78 is 38.0. The summed E-state index contributed by atoms with van der Waals surface area (Å²) in [6.07, 6.45) is 0.737. The first kappa shape index (κ1) is 20.3. The molecule has 0 spiro atoms. The van der Waals surface area contributed by atoms with Crippen LogP contribution in [0.15, 0.2) is 30.6 Å². The smallest absolute Gasteiger partial charge is 0.355 e. The van der Waals surface area contributed by atoms with Gasteiger partial charge in [-0.15, -0.1) is 0 Å². The van der Waals surface area contributed by atoms with Crippen molar-refractivity contribution < 1.29 is 13.2 Å². The Morgan fingerprint density at radius 2 is 1.93 bits per heavy atom. The summed E-state index contributed by atoms with van der Waals surface area (Å²) in [6.45, 7) is 2.32. The predicted octanol–water partition coefficient (Wildman–Crippen LogP) is 3.06. The van der Waals surface area contributed by atoms with E-state index in [9.17, 15) is 13.2 Å². The molecule has 1 unspecified atom stereocenters. The third-order valence-electron chi connectivity index (χ3n) is 4.94. The molecule has 0 N–H and O–H groups in total. The molecular formula is C19H25F3N6. The predicted molar refractivity (Wildman–Crippen MR) is 102 cm³/mol. The quantitative estimate of drug-likeness (QED) is 0.777. The molecule has 0 amide bonds. The summed E-state index contributed by atoms with van der Waals surface area (Å²) in [7, 11) is 5.83. The summed E-state index contributed by atoms with van der Waals surface area (Å²) >= 11 is 0. The Morgan fingerprint density at radius 3 is 2.57 bits per heavy atom. The van der Waals surface area contributed by atoms with Crippen LogP contribution in [0.3, 0.4) is 0 Å². The van der Waals surface area contributed by atoms with Crippen LogP contribution in [0.5, 0.6) is 0 Å². The highest BCUT2D eigenvalue weighted by molar-refractivity contribution is 5.43. The van der Waals surface area contributed by atoms with Gasteiger partial charge in [0, 0.05) is 52.7 Å². The molecule has 6 nitrogen and oxygen atoms in total. The molecule has 0 bridgehead atoms. The lowest BCUT2D eigenvalue weighted by atomic mass is 10.0. The standard InChI is InChI=1S/C19H25F3N6/c1-26(2)18-23-9-8-17(25-18)27(3)15-5-4-10-28(13-15)12-14-6-7-16(24-11-14)19(20,21)22/h6-9,11,15H,4-5,10,12-13H2,1-3H3. The third kappa shape index (κ3) is 4.89. The van der Waals surface area contributed by atoms with Gasteiger partial charge in [-0.2, -0.15) is 18.2 Å². The maximum Gasteiger partial charge on any atom is 0.433 e. The van der Waals surface area contributed by atoms with Gasteiger partial charge in [0.25, 0.3) is 0 Å². The molecule has 3 rings (SSSR count). The van der Waals surface area contributed by atoms with Gasteiger partial charge in [0.15, 0.2) is 0 Å². The zero-order chi connectivity index (χ0) is 20.3. The van der Waals surface area contributed by atoms with E-state index in [0.717, 1.165) is 43.4 Å². The lowest BCUT2D eigenvalue weighted by Crippen LogP contribution is -2.46. The number of alkyl halides is 3. The molecule has 1 aliphatic rings. The number of pyridine rings is 1. The van der Waals surface area contributed by atoms with Crippen LogP contribution in [0.4, 0.5) is 24.9 Å². The first-order valence-electron chi connectivity index (χ1n) is 9.21. The highest BCUT2D eigenvalue weighted by Crippen LogP contribution is 2.27. The fourth-order valence-corrected chi connectivity index (χ4v) is 3.37. The largest absolute Gasteiger partial charge is 0.433 e. The van der Waals surface area contributed by atoms with Crippen LogP contribution < -0.4 is 9.80 Å². The van der Waals surface area contributed by atoms with Crippen molar-refractivity contribution in [2.75, 3.05) is 44.0 Å². The SMILES string of the molecule is CN(C)c1nccc(N(C)C2CCCN(Cc3ccc(C(F)(F)F)nc3)C2)n1. The van der Waals surface area contributed by atoms with Crippen LogP contribution >= 0.6 is 0 Å². The van der Waals surface area contributed by atoms with Gasteiger partial charge in [-0.1, -0.05) is 6.07 Å². The van der Waals surface area contributed by atoms with Crippen molar-refractivity contribution in [2.45, 2.75) is 31.6 Å². The van der Waals surface area contributed by atoms with Crippen LogP contribution in [0.2, 0.25) is 0 Å². The Hall–Kier alpha value is -2.42. The summed E-state index contributed by atoms with van der Waals surface area (Å²) in [5.41, 5.74) is -0.0683. The maximum absolute atomic E-state index is 12.7. The number of hydrogen-bond donors (Lipinski definition) is 0. The Bertz CT molecular complexity index is 778. The summed E-state index contributed by atoms with van der Waals surface area (Å²) in [6, 6.07) is 4.73. The maximum atomic E-state index is 12.7. The zero-order valence-corrected chi connectivity index (χ0v) is 16.3. The first-order chi connectivity index (χ1) is 13.2. The monoisotopic (exact) mass is 394 g/mol. The summed E-state index contributed by atoms with van der Waals surface area (Å²) in [5.74, 6) is 1.52. The Kier molecular flexibility index (Phi) is 6.02. The van der Waals surface area contributed by atoms with Crippen molar-refractivity contribution in [3.8, 4) is 0 Å². The molecule has 0 aliphatic carbocycles. The topological polar surface area (TPSA) is 48.4 Å². The number of likely N-dealkylation sites (N-methyl/N-ethyl adjacent to an activating group) is 1. The average molecular weight is 394 g/mol. The second kappa shape index (κ2) is 8.30. The molecule has 1 atom stereocenters. The molecule has 1 fully saturated rings. The molecule has 28 heavy (non-hydrogen) atoms. The Labute approximate surface area is 163 Å². The minimum absolute atomic E-state index is 0.279. The second-order valence-corrected chi connectivity index (χ2v) is 7.30. The van der Waals surface area contributed by atoms with E-state index in [1.807, 2.05) is 32.1 Å². The fraction of sp³-hybridized carbons (Fsp3) is 0.526. The van der Waals surface area contributed by atoms with E-state index in [0.29, 0.717) is 12.5 Å². The molecule has 0 saturated carbocycles. The van der Waals surface area contributed by atoms with Gasteiger partial charge in [-0.25, -0.2) is 4.98 Å². The molecule has 3 heterocycles. The fourth-order valence-electron chi connectivity index (χ4n) is 3.37. The number of piperidine rings is 1. The van der Waals surface area contributed by atoms with E-state index in [1.165, 1.54) is 12.3 Å². The molecule has 1 aliphatic heterocycles. The number of rotatable bonds is 5. The van der Waals surface area contributed by atoms with E-state index in [4.69, 9.17) is 0 Å². The highest BCUT2D eigenvalue weighted by Gasteiger charge is 2.32.